The fourth-order valence-corrected chi connectivity index (χ4v) is 2.65. The molecular weight excluding hydrogens is 346 g/mol. The summed E-state index contributed by atoms with van der Waals surface area (Å²) in [7, 11) is 0. The second-order valence-corrected chi connectivity index (χ2v) is 5.67. The van der Waals surface area contributed by atoms with Crippen molar-refractivity contribution in [2.75, 3.05) is 5.32 Å². The van der Waals surface area contributed by atoms with Crippen LogP contribution in [-0.4, -0.2) is 19.6 Å². The molecule has 0 unspecified atom stereocenters. The van der Waals surface area contributed by atoms with E-state index in [4.69, 9.17) is 4.98 Å². The Labute approximate surface area is 167 Å². The smallest absolute Gasteiger partial charge is 0.160 e. The summed E-state index contributed by atoms with van der Waals surface area (Å²) in [5.74, 6) is 0.913. The Morgan fingerprint density at radius 1 is 0.929 bits per heavy atom. The molecule has 3 heterocycles. The summed E-state index contributed by atoms with van der Waals surface area (Å²) in [6.07, 6.45) is 5.47. The molecule has 0 amide bonds. The van der Waals surface area contributed by atoms with Gasteiger partial charge < -0.3 is 5.32 Å². The van der Waals surface area contributed by atoms with Crippen molar-refractivity contribution in [2.45, 2.75) is 41.2 Å². The van der Waals surface area contributed by atoms with Crippen LogP contribution >= 0.6 is 0 Å². The fraction of sp³-hybridized carbons (Fsp3) is 0.261. The van der Waals surface area contributed by atoms with E-state index in [0.717, 1.165) is 33.8 Å². The van der Waals surface area contributed by atoms with Crippen LogP contribution in [0.5, 0.6) is 0 Å². The highest BCUT2D eigenvalue weighted by Crippen LogP contribution is 2.23. The molecule has 0 aliphatic carbocycles. The Balaban J connectivity index is 0.000000660. The second kappa shape index (κ2) is 10.8. The third-order valence-corrected chi connectivity index (χ3v) is 3.91. The van der Waals surface area contributed by atoms with Crippen molar-refractivity contribution in [3.8, 4) is 11.3 Å². The van der Waals surface area contributed by atoms with E-state index in [1.54, 1.807) is 6.20 Å². The minimum atomic E-state index is 0.681. The van der Waals surface area contributed by atoms with Crippen molar-refractivity contribution < 1.29 is 0 Å². The van der Waals surface area contributed by atoms with Crippen LogP contribution in [0.25, 0.3) is 16.9 Å². The molecule has 3 aromatic heterocycles. The van der Waals surface area contributed by atoms with Crippen LogP contribution < -0.4 is 5.32 Å². The van der Waals surface area contributed by atoms with Crippen LogP contribution in [0.3, 0.4) is 0 Å². The molecule has 1 aromatic carbocycles. The van der Waals surface area contributed by atoms with E-state index < -0.39 is 0 Å². The number of anilines is 1. The van der Waals surface area contributed by atoms with E-state index in [1.165, 1.54) is 0 Å². The summed E-state index contributed by atoms with van der Waals surface area (Å²) in [5, 5.41) is 7.89. The summed E-state index contributed by atoms with van der Waals surface area (Å²) in [4.78, 5) is 8.92. The molecule has 0 spiro atoms. The fourth-order valence-electron chi connectivity index (χ4n) is 2.65. The molecule has 0 radical (unpaired) electrons. The molecule has 4 aromatic rings. The Morgan fingerprint density at radius 2 is 1.68 bits per heavy atom. The van der Waals surface area contributed by atoms with Crippen LogP contribution in [-0.2, 0) is 6.54 Å². The summed E-state index contributed by atoms with van der Waals surface area (Å²) in [5.41, 5.74) is 5.06. The van der Waals surface area contributed by atoms with Crippen molar-refractivity contribution >= 4 is 11.5 Å². The van der Waals surface area contributed by atoms with Gasteiger partial charge >= 0.3 is 0 Å². The maximum Gasteiger partial charge on any atom is 0.160 e. The highest BCUT2D eigenvalue weighted by atomic mass is 15.3. The number of hydrogen-bond donors (Lipinski definition) is 1. The van der Waals surface area contributed by atoms with Gasteiger partial charge in [0.1, 0.15) is 5.82 Å². The monoisotopic (exact) mass is 375 g/mol. The second-order valence-electron chi connectivity index (χ2n) is 5.67. The SMILES string of the molecule is CC.CC.Cc1cnn2c(NCc3cccnc3)cc(-c3ccccc3)nc12. The quantitative estimate of drug-likeness (QED) is 0.492. The van der Waals surface area contributed by atoms with Gasteiger partial charge in [0.2, 0.25) is 0 Å². The Kier molecular flexibility index (Phi) is 8.15. The van der Waals surface area contributed by atoms with Gasteiger partial charge in [-0.05, 0) is 18.6 Å². The third kappa shape index (κ3) is 4.94. The average Bonchev–Trinajstić information content (AvgIpc) is 3.17. The minimum Gasteiger partial charge on any atom is -0.366 e. The first-order valence-corrected chi connectivity index (χ1v) is 9.85. The lowest BCUT2D eigenvalue weighted by Crippen LogP contribution is -2.07. The number of aromatic nitrogens is 4. The number of aryl methyl sites for hydroxylation is 1. The van der Waals surface area contributed by atoms with E-state index in [2.05, 4.69) is 27.5 Å². The number of nitrogens with zero attached hydrogens (tertiary/aromatic N) is 4. The summed E-state index contributed by atoms with van der Waals surface area (Å²) >= 11 is 0. The molecule has 0 fully saturated rings. The van der Waals surface area contributed by atoms with Crippen LogP contribution in [0, 0.1) is 6.92 Å². The van der Waals surface area contributed by atoms with E-state index in [0.29, 0.717) is 6.54 Å². The molecule has 0 saturated heterocycles. The summed E-state index contributed by atoms with van der Waals surface area (Å²) < 4.78 is 1.85. The third-order valence-electron chi connectivity index (χ3n) is 3.91. The van der Waals surface area contributed by atoms with Crippen LogP contribution in [0.1, 0.15) is 38.8 Å². The lowest BCUT2D eigenvalue weighted by Gasteiger charge is -2.11. The van der Waals surface area contributed by atoms with Crippen molar-refractivity contribution in [2.24, 2.45) is 0 Å². The van der Waals surface area contributed by atoms with Gasteiger partial charge in [-0.25, -0.2) is 4.98 Å². The van der Waals surface area contributed by atoms with Gasteiger partial charge in [0.15, 0.2) is 5.65 Å². The molecule has 0 saturated carbocycles. The predicted octanol–water partition coefficient (Wildman–Crippen LogP) is 5.76. The largest absolute Gasteiger partial charge is 0.366 e. The van der Waals surface area contributed by atoms with Gasteiger partial charge in [-0.15, -0.1) is 0 Å². The molecule has 0 atom stereocenters. The molecule has 5 nitrogen and oxygen atoms in total. The van der Waals surface area contributed by atoms with Crippen LogP contribution in [0.2, 0.25) is 0 Å². The molecular formula is C23H29N5. The zero-order chi connectivity index (χ0) is 20.4. The Hall–Kier alpha value is -3.21. The van der Waals surface area contributed by atoms with Gasteiger partial charge in [0.25, 0.3) is 0 Å². The van der Waals surface area contributed by atoms with Gasteiger partial charge in [0, 0.05) is 36.1 Å². The van der Waals surface area contributed by atoms with Gasteiger partial charge in [-0.1, -0.05) is 64.1 Å². The van der Waals surface area contributed by atoms with Crippen molar-refractivity contribution in [1.82, 2.24) is 19.6 Å². The maximum atomic E-state index is 4.77. The average molecular weight is 376 g/mol. The van der Waals surface area contributed by atoms with Crippen molar-refractivity contribution in [1.29, 1.82) is 0 Å². The van der Waals surface area contributed by atoms with E-state index in [-0.39, 0.29) is 0 Å². The van der Waals surface area contributed by atoms with E-state index >= 15 is 0 Å². The zero-order valence-electron chi connectivity index (χ0n) is 17.3. The van der Waals surface area contributed by atoms with Gasteiger partial charge in [0.05, 0.1) is 11.9 Å². The highest BCUT2D eigenvalue weighted by Gasteiger charge is 2.10. The standard InChI is InChI=1S/C19H17N5.2C2H6/c1-14-11-22-24-18(21-13-15-6-5-9-20-12-15)10-17(23-19(14)24)16-7-3-2-4-8-16;2*1-2/h2-12,21H,13H2,1H3;2*1-2H3. The zero-order valence-corrected chi connectivity index (χ0v) is 17.3. The normalized spacial score (nSPS) is 9.75. The molecule has 146 valence electrons. The maximum absolute atomic E-state index is 4.77. The lowest BCUT2D eigenvalue weighted by atomic mass is 10.1. The molecule has 4 rings (SSSR count). The molecule has 0 aliphatic rings. The van der Waals surface area contributed by atoms with Crippen molar-refractivity contribution in [3.63, 3.8) is 0 Å². The van der Waals surface area contributed by atoms with Gasteiger partial charge in [-0.3, -0.25) is 4.98 Å². The lowest BCUT2D eigenvalue weighted by molar-refractivity contribution is 0.925. The first-order chi connectivity index (χ1) is 13.8. The van der Waals surface area contributed by atoms with E-state index in [1.807, 2.05) is 87.9 Å². The number of nitrogens with one attached hydrogen (secondary N) is 1. The Bertz CT molecular complexity index is 962. The number of benzene rings is 1. The van der Waals surface area contributed by atoms with Crippen LogP contribution in [0.4, 0.5) is 5.82 Å². The first kappa shape index (κ1) is 21.1. The predicted molar refractivity (Wildman–Crippen MR) is 117 cm³/mol. The number of rotatable bonds is 4. The van der Waals surface area contributed by atoms with Crippen LogP contribution in [0.15, 0.2) is 67.1 Å². The summed E-state index contributed by atoms with van der Waals surface area (Å²) in [6, 6.07) is 16.2. The first-order valence-electron chi connectivity index (χ1n) is 9.85. The van der Waals surface area contributed by atoms with Crippen molar-refractivity contribution in [3.05, 3.63) is 78.2 Å². The highest BCUT2D eigenvalue weighted by molar-refractivity contribution is 5.67. The minimum absolute atomic E-state index is 0.681. The topological polar surface area (TPSA) is 55.1 Å². The number of hydrogen-bond acceptors (Lipinski definition) is 4. The molecule has 5 heteroatoms. The van der Waals surface area contributed by atoms with Gasteiger partial charge in [-0.2, -0.15) is 9.61 Å². The molecule has 0 bridgehead atoms. The summed E-state index contributed by atoms with van der Waals surface area (Å²) in [6.45, 7) is 10.7. The Morgan fingerprint density at radius 3 is 2.36 bits per heavy atom. The van der Waals surface area contributed by atoms with E-state index in [9.17, 15) is 0 Å². The molecule has 0 aliphatic heterocycles. The number of pyridine rings is 1. The molecule has 1 N–H and O–H groups in total. The number of fused-ring (bicyclic) bond motifs is 1. The molecule has 28 heavy (non-hydrogen) atoms.